The van der Waals surface area contributed by atoms with Crippen LogP contribution >= 0.6 is 0 Å². The van der Waals surface area contributed by atoms with E-state index in [1.165, 1.54) is 4.90 Å². The highest BCUT2D eigenvalue weighted by Gasteiger charge is 2.24. The van der Waals surface area contributed by atoms with Crippen LogP contribution in [-0.2, 0) is 18.3 Å². The molecule has 2 aromatic carbocycles. The fourth-order valence-corrected chi connectivity index (χ4v) is 4.11. The first-order chi connectivity index (χ1) is 14.1. The van der Waals surface area contributed by atoms with Gasteiger partial charge in [0.1, 0.15) is 25.4 Å². The number of phenolic OH excluding ortho intramolecular Hbond substituents is 1. The van der Waals surface area contributed by atoms with E-state index >= 15 is 0 Å². The Labute approximate surface area is 166 Å². The number of fused-ring (bicyclic) bond motifs is 2. The summed E-state index contributed by atoms with van der Waals surface area (Å²) in [7, 11) is 1.92. The van der Waals surface area contributed by atoms with Gasteiger partial charge in [-0.3, -0.25) is 0 Å². The Morgan fingerprint density at radius 1 is 1.17 bits per heavy atom. The summed E-state index contributed by atoms with van der Waals surface area (Å²) in [6.07, 6.45) is 0. The van der Waals surface area contributed by atoms with Crippen molar-refractivity contribution in [3.05, 3.63) is 58.4 Å². The van der Waals surface area contributed by atoms with Crippen LogP contribution in [0.2, 0.25) is 0 Å². The SMILES string of the molecule is C[n+]1c(-c2cc3ccc(O)c(C[NH+]4CCOCC4)c3oc2=O)[nH]c2ccccc21. The zero-order valence-electron chi connectivity index (χ0n) is 16.2. The van der Waals surface area contributed by atoms with Gasteiger partial charge in [0.25, 0.3) is 5.82 Å². The van der Waals surface area contributed by atoms with E-state index in [9.17, 15) is 9.90 Å². The molecule has 1 aliphatic heterocycles. The number of aromatic amines is 1. The molecule has 3 heterocycles. The number of aryl methyl sites for hydroxylation is 1. The van der Waals surface area contributed by atoms with Gasteiger partial charge in [-0.05, 0) is 30.3 Å². The number of benzene rings is 2. The molecule has 0 radical (unpaired) electrons. The number of hydrogen-bond acceptors (Lipinski definition) is 4. The molecule has 3 N–H and O–H groups in total. The molecule has 0 aliphatic carbocycles. The van der Waals surface area contributed by atoms with E-state index in [1.807, 2.05) is 41.9 Å². The third-order valence-corrected chi connectivity index (χ3v) is 5.72. The lowest BCUT2D eigenvalue weighted by atomic mass is 10.1. The number of imidazole rings is 1. The lowest BCUT2D eigenvalue weighted by molar-refractivity contribution is -0.921. The molecule has 148 valence electrons. The molecule has 0 atom stereocenters. The highest BCUT2D eigenvalue weighted by Crippen LogP contribution is 2.28. The van der Waals surface area contributed by atoms with Crippen LogP contribution in [0.15, 0.2) is 51.7 Å². The van der Waals surface area contributed by atoms with Gasteiger partial charge < -0.3 is 19.2 Å². The second-order valence-electron chi connectivity index (χ2n) is 7.52. The molecule has 1 aliphatic rings. The van der Waals surface area contributed by atoms with Gasteiger partial charge in [-0.15, -0.1) is 0 Å². The van der Waals surface area contributed by atoms with Gasteiger partial charge in [-0.25, -0.2) is 14.3 Å². The predicted molar refractivity (Wildman–Crippen MR) is 108 cm³/mol. The summed E-state index contributed by atoms with van der Waals surface area (Å²) in [4.78, 5) is 17.5. The maximum absolute atomic E-state index is 12.9. The summed E-state index contributed by atoms with van der Waals surface area (Å²) in [5.74, 6) is 0.846. The fourth-order valence-electron chi connectivity index (χ4n) is 4.11. The number of hydrogen-bond donors (Lipinski definition) is 3. The minimum Gasteiger partial charge on any atom is -0.507 e. The summed E-state index contributed by atoms with van der Waals surface area (Å²) in [5, 5.41) is 11.2. The minimum absolute atomic E-state index is 0.156. The molecule has 4 aromatic rings. The van der Waals surface area contributed by atoms with E-state index in [4.69, 9.17) is 9.15 Å². The number of nitrogens with one attached hydrogen (secondary N) is 2. The van der Waals surface area contributed by atoms with Crippen molar-refractivity contribution in [3.8, 4) is 17.1 Å². The third kappa shape index (κ3) is 3.08. The van der Waals surface area contributed by atoms with Crippen molar-refractivity contribution >= 4 is 22.0 Å². The van der Waals surface area contributed by atoms with Crippen LogP contribution < -0.4 is 15.1 Å². The normalized spacial score (nSPS) is 15.3. The fraction of sp³-hybridized carbons (Fsp3) is 0.273. The number of morpholine rings is 1. The highest BCUT2D eigenvalue weighted by atomic mass is 16.5. The van der Waals surface area contributed by atoms with E-state index in [0.717, 1.165) is 29.5 Å². The van der Waals surface area contributed by atoms with Crippen LogP contribution in [0, 0.1) is 0 Å². The van der Waals surface area contributed by atoms with Crippen LogP contribution in [0.5, 0.6) is 5.75 Å². The monoisotopic (exact) mass is 393 g/mol. The molecule has 0 bridgehead atoms. The molecule has 0 saturated carbocycles. The molecular formula is C22H23N3O4+2. The molecule has 0 unspecified atom stereocenters. The Bertz CT molecular complexity index is 1270. The summed E-state index contributed by atoms with van der Waals surface area (Å²) in [5.41, 5.74) is 3.12. The van der Waals surface area contributed by atoms with Crippen LogP contribution in [0.1, 0.15) is 5.56 Å². The first-order valence-electron chi connectivity index (χ1n) is 9.79. The maximum Gasteiger partial charge on any atom is 0.352 e. The standard InChI is InChI=1S/C22H21N3O4/c1-24-18-5-3-2-4-17(18)23-21(24)15-12-14-6-7-19(26)16(20(14)29-22(15)27)13-25-8-10-28-11-9-25/h2-7,12H,8-11,13H2,1H3,(H,23,26,27)/p+2. The number of rotatable bonds is 3. The van der Waals surface area contributed by atoms with Crippen molar-refractivity contribution in [1.82, 2.24) is 4.98 Å². The molecule has 0 amide bonds. The van der Waals surface area contributed by atoms with E-state index in [0.29, 0.717) is 42.3 Å². The molecule has 1 saturated heterocycles. The Balaban J connectivity index is 1.64. The molecule has 5 rings (SSSR count). The lowest BCUT2D eigenvalue weighted by Crippen LogP contribution is -3.12. The van der Waals surface area contributed by atoms with Crippen LogP contribution in [0.3, 0.4) is 0 Å². The third-order valence-electron chi connectivity index (χ3n) is 5.72. The van der Waals surface area contributed by atoms with Crippen molar-refractivity contribution in [2.24, 2.45) is 7.05 Å². The quantitative estimate of drug-likeness (QED) is 0.357. The van der Waals surface area contributed by atoms with Crippen molar-refractivity contribution in [2.45, 2.75) is 6.54 Å². The summed E-state index contributed by atoms with van der Waals surface area (Å²) >= 11 is 0. The molecule has 1 fully saturated rings. The van der Waals surface area contributed by atoms with Crippen molar-refractivity contribution in [1.29, 1.82) is 0 Å². The molecule has 7 heteroatoms. The molecule has 2 aromatic heterocycles. The summed E-state index contributed by atoms with van der Waals surface area (Å²) in [6, 6.07) is 13.2. The van der Waals surface area contributed by atoms with Crippen LogP contribution in [0.4, 0.5) is 0 Å². The van der Waals surface area contributed by atoms with Gasteiger partial charge in [-0.1, -0.05) is 12.1 Å². The smallest absolute Gasteiger partial charge is 0.352 e. The Morgan fingerprint density at radius 3 is 2.76 bits per heavy atom. The Hall–Kier alpha value is -3.16. The van der Waals surface area contributed by atoms with Gasteiger partial charge >= 0.3 is 5.63 Å². The van der Waals surface area contributed by atoms with Crippen molar-refractivity contribution in [2.75, 3.05) is 26.3 Å². The number of phenols is 1. The highest BCUT2D eigenvalue weighted by molar-refractivity contribution is 5.85. The number of para-hydroxylation sites is 2. The molecule has 7 nitrogen and oxygen atoms in total. The average Bonchev–Trinajstić information content (AvgIpc) is 3.07. The predicted octanol–water partition coefficient (Wildman–Crippen LogP) is 0.887. The second-order valence-corrected chi connectivity index (χ2v) is 7.52. The maximum atomic E-state index is 12.9. The van der Waals surface area contributed by atoms with Crippen LogP contribution in [-0.4, -0.2) is 36.4 Å². The Morgan fingerprint density at radius 2 is 1.97 bits per heavy atom. The van der Waals surface area contributed by atoms with Gasteiger partial charge in [0.15, 0.2) is 22.2 Å². The molecule has 0 spiro atoms. The number of quaternary nitrogens is 1. The topological polar surface area (TPSA) is 83.8 Å². The zero-order chi connectivity index (χ0) is 20.0. The number of nitrogens with zero attached hydrogens (tertiary/aromatic N) is 1. The van der Waals surface area contributed by atoms with E-state index in [1.54, 1.807) is 12.1 Å². The van der Waals surface area contributed by atoms with Gasteiger partial charge in [-0.2, -0.15) is 0 Å². The van der Waals surface area contributed by atoms with Crippen LogP contribution in [0.25, 0.3) is 33.4 Å². The molecular weight excluding hydrogens is 370 g/mol. The first-order valence-corrected chi connectivity index (χ1v) is 9.79. The lowest BCUT2D eigenvalue weighted by Gasteiger charge is -2.24. The second kappa shape index (κ2) is 7.02. The number of H-pyrrole nitrogens is 1. The number of aromatic nitrogens is 2. The Kier molecular flexibility index (Phi) is 4.34. The van der Waals surface area contributed by atoms with Crippen molar-refractivity contribution < 1.29 is 23.7 Å². The minimum atomic E-state index is -0.427. The number of ether oxygens (including phenoxy) is 1. The van der Waals surface area contributed by atoms with Gasteiger partial charge in [0.2, 0.25) is 0 Å². The zero-order valence-corrected chi connectivity index (χ0v) is 16.2. The van der Waals surface area contributed by atoms with E-state index < -0.39 is 5.63 Å². The van der Waals surface area contributed by atoms with E-state index in [-0.39, 0.29) is 5.75 Å². The average molecular weight is 393 g/mol. The summed E-state index contributed by atoms with van der Waals surface area (Å²) < 4.78 is 13.1. The van der Waals surface area contributed by atoms with Crippen molar-refractivity contribution in [3.63, 3.8) is 0 Å². The van der Waals surface area contributed by atoms with Gasteiger partial charge in [0.05, 0.1) is 25.8 Å². The first kappa shape index (κ1) is 17.9. The number of aromatic hydroxyl groups is 1. The van der Waals surface area contributed by atoms with E-state index in [2.05, 4.69) is 4.98 Å². The molecule has 29 heavy (non-hydrogen) atoms. The van der Waals surface area contributed by atoms with Gasteiger partial charge in [0, 0.05) is 5.39 Å². The largest absolute Gasteiger partial charge is 0.507 e. The summed E-state index contributed by atoms with van der Waals surface area (Å²) in [6.45, 7) is 3.72.